The molecule has 0 bridgehead atoms. The average molecular weight is 544 g/mol. The molecule has 33 heavy (non-hydrogen) atoms. The molecule has 6 nitrogen and oxygen atoms in total. The molecule has 9 heteroatoms. The highest BCUT2D eigenvalue weighted by Crippen LogP contribution is 2.32. The smallest absolute Gasteiger partial charge is 0.335 e. The number of benzene rings is 3. The highest BCUT2D eigenvalue weighted by molar-refractivity contribution is 9.10. The van der Waals surface area contributed by atoms with Gasteiger partial charge in [-0.05, 0) is 60.3 Å². The minimum atomic E-state index is -1.04. The molecule has 0 aromatic heterocycles. The van der Waals surface area contributed by atoms with Crippen LogP contribution in [0.5, 0.6) is 5.75 Å². The molecule has 1 aliphatic rings. The predicted octanol–water partition coefficient (Wildman–Crippen LogP) is 6.27. The molecule has 1 fully saturated rings. The van der Waals surface area contributed by atoms with Crippen molar-refractivity contribution in [3.63, 3.8) is 0 Å². The molecular weight excluding hydrogens is 528 g/mol. The van der Waals surface area contributed by atoms with E-state index in [9.17, 15) is 9.59 Å². The van der Waals surface area contributed by atoms with Gasteiger partial charge in [-0.2, -0.15) is 0 Å². The number of carboxylic acid groups (broad SMARTS) is 1. The van der Waals surface area contributed by atoms with Gasteiger partial charge in [-0.15, -0.1) is 0 Å². The average Bonchev–Trinajstić information content (AvgIpc) is 3.12. The molecule has 0 aliphatic carbocycles. The minimum Gasteiger partial charge on any atom is -0.488 e. The molecule has 1 heterocycles. The highest BCUT2D eigenvalue weighted by Gasteiger charge is 2.24. The topological polar surface area (TPSA) is 88.0 Å². The Bertz CT molecular complexity index is 1310. The maximum Gasteiger partial charge on any atom is 0.335 e. The molecule has 0 unspecified atom stereocenters. The third-order valence-electron chi connectivity index (χ3n) is 4.57. The normalized spacial score (nSPS) is 15.6. The van der Waals surface area contributed by atoms with Crippen LogP contribution in [0.25, 0.3) is 6.08 Å². The van der Waals surface area contributed by atoms with Crippen LogP contribution in [0.2, 0.25) is 5.02 Å². The first-order valence-electron chi connectivity index (χ1n) is 9.68. The number of nitrogens with zero attached hydrogens (tertiary/aromatic N) is 1. The van der Waals surface area contributed by atoms with E-state index >= 15 is 0 Å². The van der Waals surface area contributed by atoms with Gasteiger partial charge in [-0.25, -0.2) is 9.79 Å². The summed E-state index contributed by atoms with van der Waals surface area (Å²) in [4.78, 5) is 28.5. The van der Waals surface area contributed by atoms with Crippen molar-refractivity contribution in [3.05, 3.63) is 97.8 Å². The second kappa shape index (κ2) is 10.2. The third kappa shape index (κ3) is 5.84. The predicted molar refractivity (Wildman–Crippen MR) is 134 cm³/mol. The lowest BCUT2D eigenvalue weighted by Crippen LogP contribution is -2.19. The van der Waals surface area contributed by atoms with Gasteiger partial charge in [-0.3, -0.25) is 4.79 Å². The van der Waals surface area contributed by atoms with Crippen molar-refractivity contribution in [1.82, 2.24) is 5.32 Å². The monoisotopic (exact) mass is 542 g/mol. The summed E-state index contributed by atoms with van der Waals surface area (Å²) in [5, 5.41) is 12.8. The largest absolute Gasteiger partial charge is 0.488 e. The Kier molecular flexibility index (Phi) is 7.17. The molecule has 1 amide bonds. The number of rotatable bonds is 6. The van der Waals surface area contributed by atoms with Crippen molar-refractivity contribution in [1.29, 1.82) is 0 Å². The van der Waals surface area contributed by atoms with E-state index in [4.69, 9.17) is 21.4 Å². The molecule has 166 valence electrons. The number of carbonyl (C=O) groups is 2. The molecule has 0 atom stereocenters. The summed E-state index contributed by atoms with van der Waals surface area (Å²) in [6, 6.07) is 19.2. The summed E-state index contributed by atoms with van der Waals surface area (Å²) < 4.78 is 6.82. The fourth-order valence-corrected chi connectivity index (χ4v) is 4.38. The number of aliphatic imine (C=N–C) groups is 1. The van der Waals surface area contributed by atoms with E-state index in [2.05, 4.69) is 26.2 Å². The van der Waals surface area contributed by atoms with Crippen LogP contribution in [0.3, 0.4) is 0 Å². The summed E-state index contributed by atoms with van der Waals surface area (Å²) in [5.74, 6) is -0.747. The molecule has 4 rings (SSSR count). The molecule has 0 spiro atoms. The van der Waals surface area contributed by atoms with E-state index in [0.29, 0.717) is 32.1 Å². The number of amidine groups is 1. The fraction of sp³-hybridized carbons (Fsp3) is 0.0417. The SMILES string of the molecule is O=C1NC(=Nc2cccc(C(=O)O)c2)S/C1=C\c1cc(Br)ccc1OCc1ccccc1Cl. The van der Waals surface area contributed by atoms with Crippen molar-refractivity contribution in [3.8, 4) is 5.75 Å². The fourth-order valence-electron chi connectivity index (χ4n) is 2.98. The van der Waals surface area contributed by atoms with Gasteiger partial charge in [0.25, 0.3) is 5.91 Å². The van der Waals surface area contributed by atoms with E-state index in [1.165, 1.54) is 23.9 Å². The minimum absolute atomic E-state index is 0.122. The van der Waals surface area contributed by atoms with E-state index < -0.39 is 5.97 Å². The van der Waals surface area contributed by atoms with Crippen molar-refractivity contribution in [2.24, 2.45) is 4.99 Å². The van der Waals surface area contributed by atoms with Gasteiger partial charge in [0.05, 0.1) is 16.2 Å². The Balaban J connectivity index is 1.57. The first-order chi connectivity index (χ1) is 15.9. The summed E-state index contributed by atoms with van der Waals surface area (Å²) in [5.41, 5.74) is 2.12. The van der Waals surface area contributed by atoms with Crippen LogP contribution in [-0.2, 0) is 11.4 Å². The Morgan fingerprint density at radius 2 is 1.97 bits per heavy atom. The lowest BCUT2D eigenvalue weighted by atomic mass is 10.2. The van der Waals surface area contributed by atoms with Gasteiger partial charge >= 0.3 is 5.97 Å². The van der Waals surface area contributed by atoms with E-state index in [1.54, 1.807) is 24.3 Å². The zero-order valence-electron chi connectivity index (χ0n) is 16.9. The molecule has 3 aromatic rings. The number of amides is 1. The van der Waals surface area contributed by atoms with Gasteiger partial charge < -0.3 is 15.2 Å². The maximum absolute atomic E-state index is 12.5. The van der Waals surface area contributed by atoms with Crippen LogP contribution in [0.1, 0.15) is 21.5 Å². The van der Waals surface area contributed by atoms with Gasteiger partial charge in [0.2, 0.25) is 0 Å². The van der Waals surface area contributed by atoms with Crippen molar-refractivity contribution in [2.45, 2.75) is 6.61 Å². The van der Waals surface area contributed by atoms with Crippen LogP contribution in [0.4, 0.5) is 5.69 Å². The van der Waals surface area contributed by atoms with Crippen LogP contribution in [0, 0.1) is 0 Å². The summed E-state index contributed by atoms with van der Waals surface area (Å²) >= 11 is 10.8. The summed E-state index contributed by atoms with van der Waals surface area (Å²) in [6.07, 6.45) is 1.73. The van der Waals surface area contributed by atoms with Gasteiger partial charge in [0.15, 0.2) is 5.17 Å². The number of hydrogen-bond donors (Lipinski definition) is 2. The van der Waals surface area contributed by atoms with Crippen molar-refractivity contribution < 1.29 is 19.4 Å². The number of aromatic carboxylic acids is 1. The number of ether oxygens (including phenoxy) is 1. The molecule has 1 saturated heterocycles. The highest BCUT2D eigenvalue weighted by atomic mass is 79.9. The Morgan fingerprint density at radius 3 is 2.76 bits per heavy atom. The first kappa shape index (κ1) is 23.1. The zero-order chi connectivity index (χ0) is 23.4. The van der Waals surface area contributed by atoms with Gasteiger partial charge in [0.1, 0.15) is 12.4 Å². The maximum atomic E-state index is 12.5. The lowest BCUT2D eigenvalue weighted by Gasteiger charge is -2.11. The van der Waals surface area contributed by atoms with Gasteiger partial charge in [0, 0.05) is 20.6 Å². The number of hydrogen-bond acceptors (Lipinski definition) is 5. The Hall–Kier alpha value is -3.07. The van der Waals surface area contributed by atoms with Crippen LogP contribution >= 0.6 is 39.3 Å². The van der Waals surface area contributed by atoms with E-state index in [-0.39, 0.29) is 18.1 Å². The first-order valence-corrected chi connectivity index (χ1v) is 11.7. The van der Waals surface area contributed by atoms with Crippen LogP contribution < -0.4 is 10.1 Å². The molecule has 2 N–H and O–H groups in total. The molecule has 0 saturated carbocycles. The van der Waals surface area contributed by atoms with Crippen molar-refractivity contribution >= 4 is 68.1 Å². The Morgan fingerprint density at radius 1 is 1.15 bits per heavy atom. The second-order valence-electron chi connectivity index (χ2n) is 6.90. The van der Waals surface area contributed by atoms with E-state index in [1.807, 2.05) is 36.4 Å². The molecule has 0 radical (unpaired) electrons. The number of halogens is 2. The molecular formula is C24H16BrClN2O4S. The summed E-state index contributed by atoms with van der Waals surface area (Å²) in [7, 11) is 0. The van der Waals surface area contributed by atoms with E-state index in [0.717, 1.165) is 10.0 Å². The number of nitrogens with one attached hydrogen (secondary N) is 1. The number of carbonyl (C=O) groups excluding carboxylic acids is 1. The molecule has 3 aromatic carbocycles. The third-order valence-corrected chi connectivity index (χ3v) is 6.35. The molecule has 1 aliphatic heterocycles. The quantitative estimate of drug-likeness (QED) is 0.358. The summed E-state index contributed by atoms with van der Waals surface area (Å²) in [6.45, 7) is 0.281. The van der Waals surface area contributed by atoms with Gasteiger partial charge in [-0.1, -0.05) is 51.8 Å². The van der Waals surface area contributed by atoms with Crippen LogP contribution in [0.15, 0.2) is 81.1 Å². The second-order valence-corrected chi connectivity index (χ2v) is 9.25. The van der Waals surface area contributed by atoms with Crippen LogP contribution in [-0.4, -0.2) is 22.2 Å². The standard InChI is InChI=1S/C24H16BrClN2O4S/c25-17-8-9-20(32-13-15-4-1-2-7-19(15)26)16(10-17)12-21-22(29)28-24(33-21)27-18-6-3-5-14(11-18)23(30)31/h1-12H,13H2,(H,30,31)(H,27,28,29)/b21-12-. The zero-order valence-corrected chi connectivity index (χ0v) is 20.1. The van der Waals surface area contributed by atoms with Crippen molar-refractivity contribution in [2.75, 3.05) is 0 Å². The lowest BCUT2D eigenvalue weighted by molar-refractivity contribution is -0.115. The Labute approximate surface area is 207 Å². The number of carboxylic acids is 1. The number of thioether (sulfide) groups is 1.